The van der Waals surface area contributed by atoms with Crippen LogP contribution in [0.5, 0.6) is 0 Å². The average molecular weight is 249 g/mol. The highest BCUT2D eigenvalue weighted by Gasteiger charge is 2.21. The highest BCUT2D eigenvalue weighted by Crippen LogP contribution is 2.10. The zero-order valence-corrected chi connectivity index (χ0v) is 11.5. The van der Waals surface area contributed by atoms with E-state index >= 15 is 0 Å². The quantitative estimate of drug-likeness (QED) is 0.595. The summed E-state index contributed by atoms with van der Waals surface area (Å²) in [6, 6.07) is 10.1. The lowest BCUT2D eigenvalue weighted by Crippen LogP contribution is -2.43. The number of esters is 1. The van der Waals surface area contributed by atoms with Crippen LogP contribution in [-0.4, -0.2) is 11.7 Å². The molecule has 3 nitrogen and oxygen atoms in total. The van der Waals surface area contributed by atoms with Crippen LogP contribution in [0.2, 0.25) is 0 Å². The van der Waals surface area contributed by atoms with Gasteiger partial charge >= 0.3 is 5.97 Å². The summed E-state index contributed by atoms with van der Waals surface area (Å²) >= 11 is 0. The highest BCUT2D eigenvalue weighted by atomic mass is 16.6. The Hall–Kier alpha value is -1.35. The van der Waals surface area contributed by atoms with Crippen LogP contribution in [0.4, 0.5) is 0 Å². The Kier molecular flexibility index (Phi) is 5.86. The van der Waals surface area contributed by atoms with Crippen molar-refractivity contribution in [1.29, 1.82) is 0 Å². The van der Waals surface area contributed by atoms with Gasteiger partial charge in [0.15, 0.2) is 5.72 Å². The van der Waals surface area contributed by atoms with Crippen LogP contribution in [0.25, 0.3) is 0 Å². The van der Waals surface area contributed by atoms with Crippen molar-refractivity contribution in [3.05, 3.63) is 35.9 Å². The molecule has 0 unspecified atom stereocenters. The number of hydrogen-bond acceptors (Lipinski definition) is 3. The molecule has 0 amide bonds. The normalized spacial score (nSPS) is 11.3. The molecule has 0 bridgehead atoms. The first-order chi connectivity index (χ1) is 8.53. The molecule has 0 saturated heterocycles. The van der Waals surface area contributed by atoms with E-state index in [4.69, 9.17) is 4.74 Å². The van der Waals surface area contributed by atoms with E-state index in [1.54, 1.807) is 0 Å². The maximum Gasteiger partial charge on any atom is 0.307 e. The molecule has 3 heteroatoms. The fraction of sp³-hybridized carbons (Fsp3) is 0.533. The summed E-state index contributed by atoms with van der Waals surface area (Å²) in [4.78, 5) is 11.6. The van der Waals surface area contributed by atoms with Crippen LogP contribution < -0.4 is 5.32 Å². The van der Waals surface area contributed by atoms with Crippen molar-refractivity contribution in [2.45, 2.75) is 52.3 Å². The van der Waals surface area contributed by atoms with Gasteiger partial charge in [0.05, 0.1) is 0 Å². The number of rotatable bonds is 7. The Balaban J connectivity index is 2.37. The Morgan fingerprint density at radius 2 is 1.94 bits per heavy atom. The van der Waals surface area contributed by atoms with Gasteiger partial charge in [0, 0.05) is 13.0 Å². The average Bonchev–Trinajstić information content (AvgIpc) is 2.35. The van der Waals surface area contributed by atoms with Gasteiger partial charge < -0.3 is 4.74 Å². The van der Waals surface area contributed by atoms with Crippen LogP contribution in [0.1, 0.15) is 45.6 Å². The number of ether oxygens (including phenoxy) is 1. The molecular formula is C15H23NO2. The lowest BCUT2D eigenvalue weighted by atomic mass is 10.2. The third kappa shape index (κ3) is 5.82. The molecule has 1 aromatic carbocycles. The molecule has 100 valence electrons. The molecule has 0 atom stereocenters. The van der Waals surface area contributed by atoms with E-state index < -0.39 is 5.72 Å². The minimum Gasteiger partial charge on any atom is -0.444 e. The monoisotopic (exact) mass is 249 g/mol. The number of unbranched alkanes of at least 4 members (excludes halogenated alkanes) is 1. The van der Waals surface area contributed by atoms with E-state index in [0.717, 1.165) is 12.8 Å². The maximum absolute atomic E-state index is 11.6. The molecule has 0 aliphatic rings. The van der Waals surface area contributed by atoms with E-state index in [9.17, 15) is 4.79 Å². The molecule has 0 saturated carbocycles. The van der Waals surface area contributed by atoms with Crippen molar-refractivity contribution in [2.24, 2.45) is 0 Å². The lowest BCUT2D eigenvalue weighted by molar-refractivity contribution is -0.159. The summed E-state index contributed by atoms with van der Waals surface area (Å²) in [5, 5.41) is 3.24. The lowest BCUT2D eigenvalue weighted by Gasteiger charge is -2.26. The molecule has 0 heterocycles. The summed E-state index contributed by atoms with van der Waals surface area (Å²) < 4.78 is 5.41. The molecule has 0 aliphatic carbocycles. The first-order valence-electron chi connectivity index (χ1n) is 6.54. The first kappa shape index (κ1) is 14.7. The van der Waals surface area contributed by atoms with Crippen LogP contribution in [0.15, 0.2) is 30.3 Å². The molecule has 0 spiro atoms. The van der Waals surface area contributed by atoms with Gasteiger partial charge in [-0.25, -0.2) is 0 Å². The fourth-order valence-corrected chi connectivity index (χ4v) is 1.60. The Morgan fingerprint density at radius 3 is 2.56 bits per heavy atom. The minimum atomic E-state index is -0.624. The maximum atomic E-state index is 11.6. The van der Waals surface area contributed by atoms with Crippen molar-refractivity contribution < 1.29 is 9.53 Å². The van der Waals surface area contributed by atoms with E-state index in [1.165, 1.54) is 5.56 Å². The molecular weight excluding hydrogens is 226 g/mol. The zero-order valence-electron chi connectivity index (χ0n) is 11.5. The predicted molar refractivity (Wildman–Crippen MR) is 73.0 cm³/mol. The van der Waals surface area contributed by atoms with E-state index in [2.05, 4.69) is 12.2 Å². The second-order valence-corrected chi connectivity index (χ2v) is 4.93. The van der Waals surface area contributed by atoms with Gasteiger partial charge in [-0.15, -0.1) is 0 Å². The second kappa shape index (κ2) is 7.17. The largest absolute Gasteiger partial charge is 0.444 e. The van der Waals surface area contributed by atoms with Gasteiger partial charge in [0.2, 0.25) is 0 Å². The third-order valence-corrected chi connectivity index (χ3v) is 2.66. The standard InChI is InChI=1S/C15H23NO2/c1-4-5-11-14(17)18-15(2,3)16-12-13-9-7-6-8-10-13/h6-10,16H,4-5,11-12H2,1-3H3. The van der Waals surface area contributed by atoms with Crippen molar-refractivity contribution in [3.63, 3.8) is 0 Å². The smallest absolute Gasteiger partial charge is 0.307 e. The van der Waals surface area contributed by atoms with Crippen LogP contribution in [-0.2, 0) is 16.1 Å². The highest BCUT2D eigenvalue weighted by molar-refractivity contribution is 5.69. The number of benzene rings is 1. The molecule has 0 aromatic heterocycles. The predicted octanol–water partition coefficient (Wildman–Crippen LogP) is 3.25. The molecule has 0 aliphatic heterocycles. The molecule has 1 rings (SSSR count). The Labute approximate surface area is 110 Å². The van der Waals surface area contributed by atoms with Gasteiger partial charge in [-0.05, 0) is 25.8 Å². The molecule has 1 N–H and O–H groups in total. The first-order valence-corrected chi connectivity index (χ1v) is 6.54. The van der Waals surface area contributed by atoms with Gasteiger partial charge in [0.1, 0.15) is 0 Å². The fourth-order valence-electron chi connectivity index (χ4n) is 1.60. The summed E-state index contributed by atoms with van der Waals surface area (Å²) in [7, 11) is 0. The van der Waals surface area contributed by atoms with E-state index in [1.807, 2.05) is 44.2 Å². The Morgan fingerprint density at radius 1 is 1.28 bits per heavy atom. The van der Waals surface area contributed by atoms with Crippen LogP contribution in [0.3, 0.4) is 0 Å². The van der Waals surface area contributed by atoms with Crippen molar-refractivity contribution in [3.8, 4) is 0 Å². The van der Waals surface area contributed by atoms with E-state index in [-0.39, 0.29) is 5.97 Å². The number of carbonyl (C=O) groups is 1. The van der Waals surface area contributed by atoms with Gasteiger partial charge in [-0.3, -0.25) is 10.1 Å². The van der Waals surface area contributed by atoms with Gasteiger partial charge in [-0.2, -0.15) is 0 Å². The van der Waals surface area contributed by atoms with Gasteiger partial charge in [0.25, 0.3) is 0 Å². The number of hydrogen-bond donors (Lipinski definition) is 1. The molecule has 0 fully saturated rings. The third-order valence-electron chi connectivity index (χ3n) is 2.66. The molecule has 18 heavy (non-hydrogen) atoms. The summed E-state index contributed by atoms with van der Waals surface area (Å²) in [5.41, 5.74) is 0.552. The molecule has 0 radical (unpaired) electrons. The topological polar surface area (TPSA) is 38.3 Å². The summed E-state index contributed by atoms with van der Waals surface area (Å²) in [5.74, 6) is -0.137. The minimum absolute atomic E-state index is 0.137. The Bertz CT molecular complexity index is 360. The van der Waals surface area contributed by atoms with Crippen molar-refractivity contribution in [2.75, 3.05) is 0 Å². The number of carbonyl (C=O) groups excluding carboxylic acids is 1. The van der Waals surface area contributed by atoms with E-state index in [0.29, 0.717) is 13.0 Å². The van der Waals surface area contributed by atoms with Gasteiger partial charge in [-0.1, -0.05) is 43.7 Å². The molecule has 1 aromatic rings. The van der Waals surface area contributed by atoms with Crippen LogP contribution >= 0.6 is 0 Å². The summed E-state index contributed by atoms with van der Waals surface area (Å²) in [6.45, 7) is 6.50. The van der Waals surface area contributed by atoms with Crippen LogP contribution in [0, 0.1) is 0 Å². The second-order valence-electron chi connectivity index (χ2n) is 4.93. The zero-order chi connectivity index (χ0) is 13.4. The van der Waals surface area contributed by atoms with Crippen molar-refractivity contribution >= 4 is 5.97 Å². The van der Waals surface area contributed by atoms with Crippen molar-refractivity contribution in [1.82, 2.24) is 5.32 Å². The SMILES string of the molecule is CCCCC(=O)OC(C)(C)NCc1ccccc1. The summed E-state index contributed by atoms with van der Waals surface area (Å²) in [6.07, 6.45) is 2.38. The number of nitrogens with one attached hydrogen (secondary N) is 1.